The second-order valence-corrected chi connectivity index (χ2v) is 5.02. The fraction of sp³-hybridized carbons (Fsp3) is 0.562. The van der Waals surface area contributed by atoms with Crippen LogP contribution in [0.5, 0.6) is 0 Å². The van der Waals surface area contributed by atoms with Gasteiger partial charge in [-0.05, 0) is 57.5 Å². The van der Waals surface area contributed by atoms with Gasteiger partial charge in [-0.25, -0.2) is 0 Å². The molecule has 1 aromatic carbocycles. The Kier molecular flexibility index (Phi) is 7.19. The smallest absolute Gasteiger partial charge is 0.211 e. The van der Waals surface area contributed by atoms with Gasteiger partial charge in [0.15, 0.2) is 0 Å². The monoisotopic (exact) mass is 262 g/mol. The molecule has 2 rings (SSSR count). The molecule has 1 fully saturated rings. The first-order chi connectivity index (χ1) is 9.19. The Morgan fingerprint density at radius 2 is 1.74 bits per heavy atom. The van der Waals surface area contributed by atoms with Gasteiger partial charge in [0.25, 0.3) is 0 Å². The van der Waals surface area contributed by atoms with Gasteiger partial charge in [0.05, 0.1) is 0 Å². The molecule has 0 aromatic heterocycles. The summed E-state index contributed by atoms with van der Waals surface area (Å²) in [6, 6.07) is 5.91. The van der Waals surface area contributed by atoms with E-state index in [0.717, 1.165) is 16.8 Å². The molecule has 3 nitrogen and oxygen atoms in total. The van der Waals surface area contributed by atoms with Gasteiger partial charge in [-0.15, -0.1) is 0 Å². The zero-order valence-corrected chi connectivity index (χ0v) is 12.4. The molecule has 0 spiro atoms. The van der Waals surface area contributed by atoms with E-state index in [2.05, 4.69) is 17.1 Å². The third-order valence-electron chi connectivity index (χ3n) is 3.58. The van der Waals surface area contributed by atoms with Crippen LogP contribution < -0.4 is 5.32 Å². The number of piperidine rings is 1. The van der Waals surface area contributed by atoms with Crippen molar-refractivity contribution in [2.75, 3.05) is 25.0 Å². The zero-order chi connectivity index (χ0) is 14.1. The van der Waals surface area contributed by atoms with E-state index in [-0.39, 0.29) is 0 Å². The zero-order valence-electron chi connectivity index (χ0n) is 12.4. The highest BCUT2D eigenvalue weighted by molar-refractivity contribution is 5.75. The lowest BCUT2D eigenvalue weighted by atomic mass is 10.1. The van der Waals surface area contributed by atoms with Gasteiger partial charge < -0.3 is 10.2 Å². The van der Waals surface area contributed by atoms with Crippen LogP contribution in [0.4, 0.5) is 5.69 Å². The van der Waals surface area contributed by atoms with Crippen molar-refractivity contribution in [3.8, 4) is 0 Å². The average molecular weight is 262 g/mol. The Labute approximate surface area is 117 Å². The van der Waals surface area contributed by atoms with E-state index < -0.39 is 0 Å². The molecule has 1 aromatic rings. The van der Waals surface area contributed by atoms with Crippen LogP contribution >= 0.6 is 0 Å². The lowest BCUT2D eigenvalue weighted by Crippen LogP contribution is -2.29. The molecule has 1 amide bonds. The first-order valence-electron chi connectivity index (χ1n) is 7.17. The maximum atomic E-state index is 10.2. The van der Waals surface area contributed by atoms with Crippen molar-refractivity contribution in [3.05, 3.63) is 29.3 Å². The van der Waals surface area contributed by atoms with Crippen molar-refractivity contribution in [2.45, 2.75) is 40.0 Å². The second kappa shape index (κ2) is 8.70. The van der Waals surface area contributed by atoms with Crippen LogP contribution in [0.1, 0.15) is 37.3 Å². The van der Waals surface area contributed by atoms with Crippen molar-refractivity contribution in [1.82, 2.24) is 4.90 Å². The number of carbonyl (C=O) groups is 1. The Bertz CT molecular complexity index is 364. The standard InChI is InChI=1S/C9H11NO.C7H15N/c1-7-4-3-5-8(2)9(7)10-6-11;1-2-8-6-4-3-5-7-8/h3-6H,1-2H3,(H,10,11);2-7H2,1H3. The van der Waals surface area contributed by atoms with Crippen molar-refractivity contribution in [1.29, 1.82) is 0 Å². The minimum Gasteiger partial charge on any atom is -0.328 e. The molecule has 1 saturated heterocycles. The SMILES string of the molecule is CCN1CCCCC1.Cc1cccc(C)c1NC=O. The molecule has 1 aliphatic rings. The van der Waals surface area contributed by atoms with Crippen LogP contribution in [0.15, 0.2) is 18.2 Å². The van der Waals surface area contributed by atoms with Crippen molar-refractivity contribution in [3.63, 3.8) is 0 Å². The largest absolute Gasteiger partial charge is 0.328 e. The van der Waals surface area contributed by atoms with Gasteiger partial charge in [-0.3, -0.25) is 4.79 Å². The summed E-state index contributed by atoms with van der Waals surface area (Å²) >= 11 is 0. The van der Waals surface area contributed by atoms with Gasteiger partial charge in [0.2, 0.25) is 6.41 Å². The number of hydrogen-bond acceptors (Lipinski definition) is 2. The highest BCUT2D eigenvalue weighted by Gasteiger charge is 2.05. The van der Waals surface area contributed by atoms with E-state index in [1.54, 1.807) is 0 Å². The van der Waals surface area contributed by atoms with E-state index in [1.165, 1.54) is 38.9 Å². The minimum atomic E-state index is 0.704. The summed E-state index contributed by atoms with van der Waals surface area (Å²) in [4.78, 5) is 12.7. The number of anilines is 1. The van der Waals surface area contributed by atoms with Crippen molar-refractivity contribution < 1.29 is 4.79 Å². The third kappa shape index (κ3) is 5.43. The number of rotatable bonds is 3. The molecule has 0 unspecified atom stereocenters. The summed E-state index contributed by atoms with van der Waals surface area (Å²) in [5.41, 5.74) is 3.11. The van der Waals surface area contributed by atoms with Crippen molar-refractivity contribution >= 4 is 12.1 Å². The van der Waals surface area contributed by atoms with Crippen LogP contribution in [-0.2, 0) is 4.79 Å². The lowest BCUT2D eigenvalue weighted by Gasteiger charge is -2.24. The fourth-order valence-electron chi connectivity index (χ4n) is 2.38. The normalized spacial score (nSPS) is 15.3. The van der Waals surface area contributed by atoms with Crippen LogP contribution in [-0.4, -0.2) is 30.9 Å². The maximum Gasteiger partial charge on any atom is 0.211 e. The van der Waals surface area contributed by atoms with Crippen molar-refractivity contribution in [2.24, 2.45) is 0 Å². The number of aryl methyl sites for hydroxylation is 2. The first-order valence-corrected chi connectivity index (χ1v) is 7.17. The quantitative estimate of drug-likeness (QED) is 0.847. The number of hydrogen-bond donors (Lipinski definition) is 1. The van der Waals surface area contributed by atoms with Gasteiger partial charge in [-0.2, -0.15) is 0 Å². The Balaban J connectivity index is 0.000000200. The Hall–Kier alpha value is -1.35. The molecule has 3 heteroatoms. The molecule has 106 valence electrons. The minimum absolute atomic E-state index is 0.704. The maximum absolute atomic E-state index is 10.2. The summed E-state index contributed by atoms with van der Waals surface area (Å²) in [5, 5.41) is 2.66. The molecule has 19 heavy (non-hydrogen) atoms. The molecule has 0 bridgehead atoms. The molecule has 0 aliphatic carbocycles. The van der Waals surface area contributed by atoms with Crippen LogP contribution in [0.3, 0.4) is 0 Å². The first kappa shape index (κ1) is 15.7. The second-order valence-electron chi connectivity index (χ2n) is 5.02. The number of para-hydroxylation sites is 1. The number of amides is 1. The van der Waals surface area contributed by atoms with Crippen LogP contribution in [0.25, 0.3) is 0 Å². The summed E-state index contributed by atoms with van der Waals surface area (Å²) in [5.74, 6) is 0. The summed E-state index contributed by atoms with van der Waals surface area (Å²) in [7, 11) is 0. The van der Waals surface area contributed by atoms with E-state index in [4.69, 9.17) is 0 Å². The number of nitrogens with one attached hydrogen (secondary N) is 1. The number of nitrogens with zero attached hydrogens (tertiary/aromatic N) is 1. The predicted octanol–water partition coefficient (Wildman–Crippen LogP) is 3.36. The topological polar surface area (TPSA) is 32.3 Å². The van der Waals surface area contributed by atoms with Gasteiger partial charge >= 0.3 is 0 Å². The van der Waals surface area contributed by atoms with Gasteiger partial charge in [0.1, 0.15) is 0 Å². The van der Waals surface area contributed by atoms with E-state index in [9.17, 15) is 4.79 Å². The lowest BCUT2D eigenvalue weighted by molar-refractivity contribution is -0.105. The Morgan fingerprint density at radius 3 is 2.16 bits per heavy atom. The number of carbonyl (C=O) groups excluding carboxylic acids is 1. The molecule has 0 atom stereocenters. The summed E-state index contributed by atoms with van der Waals surface area (Å²) in [6.45, 7) is 10.1. The Morgan fingerprint density at radius 1 is 1.16 bits per heavy atom. The molecular formula is C16H26N2O. The van der Waals surface area contributed by atoms with Gasteiger partial charge in [-0.1, -0.05) is 31.5 Å². The molecule has 0 saturated carbocycles. The number of benzene rings is 1. The molecule has 0 radical (unpaired) electrons. The van der Waals surface area contributed by atoms with Crippen LogP contribution in [0, 0.1) is 13.8 Å². The fourth-order valence-corrected chi connectivity index (χ4v) is 2.38. The molecule has 1 heterocycles. The van der Waals surface area contributed by atoms with E-state index in [1.807, 2.05) is 32.0 Å². The average Bonchev–Trinajstić information content (AvgIpc) is 2.45. The highest BCUT2D eigenvalue weighted by Crippen LogP contribution is 2.17. The predicted molar refractivity (Wildman–Crippen MR) is 81.6 cm³/mol. The molecule has 1 aliphatic heterocycles. The van der Waals surface area contributed by atoms with E-state index in [0.29, 0.717) is 6.41 Å². The number of likely N-dealkylation sites (tertiary alicyclic amines) is 1. The van der Waals surface area contributed by atoms with Gasteiger partial charge in [0, 0.05) is 5.69 Å². The summed E-state index contributed by atoms with van der Waals surface area (Å²) < 4.78 is 0. The van der Waals surface area contributed by atoms with E-state index >= 15 is 0 Å². The molecule has 1 N–H and O–H groups in total. The molecular weight excluding hydrogens is 236 g/mol. The third-order valence-corrected chi connectivity index (χ3v) is 3.58. The van der Waals surface area contributed by atoms with Crippen LogP contribution in [0.2, 0.25) is 0 Å². The summed E-state index contributed by atoms with van der Waals surface area (Å²) in [6.07, 6.45) is 5.01. The highest BCUT2D eigenvalue weighted by atomic mass is 16.1.